The molecule has 0 rings (SSSR count). The van der Waals surface area contributed by atoms with Gasteiger partial charge in [0.15, 0.2) is 0 Å². The Balaban J connectivity index is 5.16. The summed E-state index contributed by atoms with van der Waals surface area (Å²) in [5.74, 6) is -0.485. The van der Waals surface area contributed by atoms with Gasteiger partial charge in [-0.1, -0.05) is 25.5 Å². The van der Waals surface area contributed by atoms with Gasteiger partial charge in [-0.2, -0.15) is 0 Å². The van der Waals surface area contributed by atoms with E-state index < -0.39 is 5.83 Å². The molecule has 0 fully saturated rings. The number of carbonyl (C=O) groups is 1. The number of aliphatic imine (C=N–C) groups is 1. The van der Waals surface area contributed by atoms with Crippen LogP contribution in [0, 0.1) is 0 Å². The van der Waals surface area contributed by atoms with E-state index in [0.29, 0.717) is 18.5 Å². The van der Waals surface area contributed by atoms with Crippen LogP contribution in [0.5, 0.6) is 0 Å². The molecule has 18 heavy (non-hydrogen) atoms. The first-order valence-corrected chi connectivity index (χ1v) is 6.03. The Morgan fingerprint density at radius 1 is 1.33 bits per heavy atom. The monoisotopic (exact) mass is 252 g/mol. The topological polar surface area (TPSA) is 41.5 Å². The number of nitrogens with one attached hydrogen (secondary N) is 1. The third-order valence-corrected chi connectivity index (χ3v) is 2.30. The van der Waals surface area contributed by atoms with E-state index in [0.717, 1.165) is 12.1 Å². The minimum absolute atomic E-state index is 0.159. The van der Waals surface area contributed by atoms with Gasteiger partial charge in [-0.3, -0.25) is 9.79 Å². The molecule has 4 heteroatoms. The first-order valence-electron chi connectivity index (χ1n) is 6.03. The fraction of sp³-hybridized carbons (Fsp3) is 0.429. The van der Waals surface area contributed by atoms with Crippen LogP contribution in [0.2, 0.25) is 0 Å². The molecule has 100 valence electrons. The number of rotatable bonds is 7. The van der Waals surface area contributed by atoms with Gasteiger partial charge >= 0.3 is 0 Å². The Hall–Kier alpha value is -1.71. The molecule has 0 aromatic carbocycles. The largest absolute Gasteiger partial charge is 0.326 e. The van der Waals surface area contributed by atoms with Crippen molar-refractivity contribution >= 4 is 12.1 Å². The molecule has 0 aromatic rings. The molecule has 1 amide bonds. The highest BCUT2D eigenvalue weighted by atomic mass is 19.1. The number of carbonyl (C=O) groups excluding carboxylic acids is 1. The molecule has 0 spiro atoms. The normalized spacial score (nSPS) is 14.7. The van der Waals surface area contributed by atoms with Gasteiger partial charge in [-0.05, 0) is 33.3 Å². The van der Waals surface area contributed by atoms with Gasteiger partial charge in [0.05, 0.1) is 5.70 Å². The number of hydrogen-bond donors (Lipinski definition) is 1. The van der Waals surface area contributed by atoms with Crippen LogP contribution in [0.15, 0.2) is 40.4 Å². The number of hydrogen-bond acceptors (Lipinski definition) is 2. The van der Waals surface area contributed by atoms with Crippen LogP contribution >= 0.6 is 0 Å². The zero-order valence-corrected chi connectivity index (χ0v) is 11.5. The van der Waals surface area contributed by atoms with Crippen molar-refractivity contribution in [2.75, 3.05) is 0 Å². The quantitative estimate of drug-likeness (QED) is 0.419. The van der Waals surface area contributed by atoms with Crippen LogP contribution in [0.1, 0.15) is 40.5 Å². The Morgan fingerprint density at radius 3 is 2.44 bits per heavy atom. The molecular weight excluding hydrogens is 231 g/mol. The van der Waals surface area contributed by atoms with E-state index in [1.54, 1.807) is 6.92 Å². The number of allylic oxidation sites excluding steroid dienone is 5. The highest BCUT2D eigenvalue weighted by Gasteiger charge is 2.04. The first kappa shape index (κ1) is 16.3. The highest BCUT2D eigenvalue weighted by molar-refractivity contribution is 5.96. The minimum atomic E-state index is -0.485. The van der Waals surface area contributed by atoms with Gasteiger partial charge in [-0.25, -0.2) is 4.39 Å². The SMILES string of the molecule is C\C=C(C)/N=C(\C=C(F)/C(=C\C)NC=O)CCC. The van der Waals surface area contributed by atoms with Crippen LogP contribution < -0.4 is 5.32 Å². The van der Waals surface area contributed by atoms with Crippen molar-refractivity contribution in [1.29, 1.82) is 0 Å². The average Bonchev–Trinajstić information content (AvgIpc) is 2.35. The smallest absolute Gasteiger partial charge is 0.211 e. The highest BCUT2D eigenvalue weighted by Crippen LogP contribution is 2.11. The van der Waals surface area contributed by atoms with Crippen molar-refractivity contribution in [3.63, 3.8) is 0 Å². The van der Waals surface area contributed by atoms with E-state index >= 15 is 0 Å². The summed E-state index contributed by atoms with van der Waals surface area (Å²) in [5, 5.41) is 2.31. The predicted octanol–water partition coefficient (Wildman–Crippen LogP) is 3.65. The van der Waals surface area contributed by atoms with E-state index in [4.69, 9.17) is 0 Å². The second-order valence-corrected chi connectivity index (χ2v) is 3.74. The molecule has 1 N–H and O–H groups in total. The molecule has 0 heterocycles. The van der Waals surface area contributed by atoms with Crippen molar-refractivity contribution in [2.45, 2.75) is 40.5 Å². The lowest BCUT2D eigenvalue weighted by atomic mass is 10.2. The molecule has 0 saturated heterocycles. The number of amides is 1. The Labute approximate surface area is 108 Å². The maximum atomic E-state index is 13.9. The van der Waals surface area contributed by atoms with E-state index in [1.165, 1.54) is 12.2 Å². The Kier molecular flexibility index (Phi) is 8.45. The van der Waals surface area contributed by atoms with Crippen LogP contribution in [0.4, 0.5) is 4.39 Å². The molecule has 0 aliphatic heterocycles. The maximum Gasteiger partial charge on any atom is 0.211 e. The minimum Gasteiger partial charge on any atom is -0.326 e. The molecule has 0 aliphatic rings. The van der Waals surface area contributed by atoms with Crippen molar-refractivity contribution in [3.05, 3.63) is 35.4 Å². The molecule has 0 unspecified atom stereocenters. The molecular formula is C14H21FN2O. The average molecular weight is 252 g/mol. The van der Waals surface area contributed by atoms with Gasteiger partial charge in [-0.15, -0.1) is 0 Å². The summed E-state index contributed by atoms with van der Waals surface area (Å²) in [7, 11) is 0. The van der Waals surface area contributed by atoms with Crippen LogP contribution in [0.3, 0.4) is 0 Å². The summed E-state index contributed by atoms with van der Waals surface area (Å²) in [6.07, 6.45) is 6.76. The fourth-order valence-electron chi connectivity index (χ4n) is 1.29. The summed E-state index contributed by atoms with van der Waals surface area (Å²) in [5.41, 5.74) is 1.66. The molecule has 0 aliphatic carbocycles. The molecule has 0 aromatic heterocycles. The van der Waals surface area contributed by atoms with Crippen LogP contribution in [-0.2, 0) is 4.79 Å². The summed E-state index contributed by atoms with van der Waals surface area (Å²) < 4.78 is 13.9. The van der Waals surface area contributed by atoms with Gasteiger partial charge < -0.3 is 5.32 Å². The zero-order chi connectivity index (χ0) is 14.0. The summed E-state index contributed by atoms with van der Waals surface area (Å²) >= 11 is 0. The van der Waals surface area contributed by atoms with E-state index in [-0.39, 0.29) is 5.70 Å². The van der Waals surface area contributed by atoms with E-state index in [9.17, 15) is 9.18 Å². The van der Waals surface area contributed by atoms with Crippen molar-refractivity contribution < 1.29 is 9.18 Å². The molecule has 0 saturated carbocycles. The second kappa shape index (κ2) is 9.33. The predicted molar refractivity (Wildman–Crippen MR) is 73.9 cm³/mol. The molecule has 0 bridgehead atoms. The first-order chi connectivity index (χ1) is 8.58. The van der Waals surface area contributed by atoms with E-state index in [2.05, 4.69) is 10.3 Å². The Bertz CT molecular complexity index is 393. The third kappa shape index (κ3) is 6.13. The Morgan fingerprint density at radius 2 is 2.00 bits per heavy atom. The van der Waals surface area contributed by atoms with E-state index in [1.807, 2.05) is 26.8 Å². The lowest BCUT2D eigenvalue weighted by Gasteiger charge is -2.04. The lowest BCUT2D eigenvalue weighted by Crippen LogP contribution is -2.11. The third-order valence-electron chi connectivity index (χ3n) is 2.30. The maximum absolute atomic E-state index is 13.9. The van der Waals surface area contributed by atoms with Crippen LogP contribution in [-0.4, -0.2) is 12.1 Å². The second-order valence-electron chi connectivity index (χ2n) is 3.74. The zero-order valence-electron chi connectivity index (χ0n) is 11.5. The van der Waals surface area contributed by atoms with Gasteiger partial charge in [0.25, 0.3) is 0 Å². The van der Waals surface area contributed by atoms with Crippen molar-refractivity contribution in [2.24, 2.45) is 4.99 Å². The van der Waals surface area contributed by atoms with Crippen LogP contribution in [0.25, 0.3) is 0 Å². The molecule has 0 atom stereocenters. The van der Waals surface area contributed by atoms with Gasteiger partial charge in [0, 0.05) is 11.4 Å². The lowest BCUT2D eigenvalue weighted by molar-refractivity contribution is -0.108. The van der Waals surface area contributed by atoms with Crippen molar-refractivity contribution in [3.8, 4) is 0 Å². The van der Waals surface area contributed by atoms with Gasteiger partial charge in [0.1, 0.15) is 5.83 Å². The summed E-state index contributed by atoms with van der Waals surface area (Å²) in [6.45, 7) is 7.41. The van der Waals surface area contributed by atoms with Gasteiger partial charge in [0.2, 0.25) is 6.41 Å². The standard InChI is InChI=1S/C14H21FN2O/c1-5-8-12(17-11(4)6-2)9-13(15)14(7-3)16-10-18/h6-7,9-10H,5,8H2,1-4H3,(H,16,18)/b11-6-,13-9+,14-7+,17-12-. The van der Waals surface area contributed by atoms with Crippen molar-refractivity contribution in [1.82, 2.24) is 5.32 Å². The molecule has 3 nitrogen and oxygen atoms in total. The summed E-state index contributed by atoms with van der Waals surface area (Å²) in [6, 6.07) is 0. The fourth-order valence-corrected chi connectivity index (χ4v) is 1.29. The molecule has 0 radical (unpaired) electrons. The summed E-state index contributed by atoms with van der Waals surface area (Å²) in [4.78, 5) is 14.6. The number of halogens is 1. The number of nitrogens with zero attached hydrogens (tertiary/aromatic N) is 1.